The number of nitrogens with one attached hydrogen (secondary N) is 1. The molecule has 1 aliphatic carbocycles. The third-order valence-corrected chi connectivity index (χ3v) is 3.49. The van der Waals surface area contributed by atoms with Gasteiger partial charge in [-0.25, -0.2) is 4.79 Å². The van der Waals surface area contributed by atoms with Crippen molar-refractivity contribution in [2.24, 2.45) is 0 Å². The molecule has 0 aromatic heterocycles. The largest absolute Gasteiger partial charge is 0.478 e. The zero-order chi connectivity index (χ0) is 12.3. The highest BCUT2D eigenvalue weighted by molar-refractivity contribution is 8.00. The summed E-state index contributed by atoms with van der Waals surface area (Å²) in [7, 11) is 0. The second kappa shape index (κ2) is 5.23. The number of amides is 1. The highest BCUT2D eigenvalue weighted by atomic mass is 32.2. The molecular formula is C12H13NO3S. The van der Waals surface area contributed by atoms with Gasteiger partial charge in [-0.1, -0.05) is 12.1 Å². The van der Waals surface area contributed by atoms with Crippen LogP contribution in [0.1, 0.15) is 23.2 Å². The Morgan fingerprint density at radius 3 is 2.71 bits per heavy atom. The lowest BCUT2D eigenvalue weighted by Gasteiger charge is -2.05. The van der Waals surface area contributed by atoms with Crippen LogP contribution in [0.15, 0.2) is 29.2 Å². The fraction of sp³-hybridized carbons (Fsp3) is 0.333. The average molecular weight is 251 g/mol. The van der Waals surface area contributed by atoms with Gasteiger partial charge in [-0.3, -0.25) is 4.79 Å². The Balaban J connectivity index is 1.93. The summed E-state index contributed by atoms with van der Waals surface area (Å²) in [5.74, 6) is -0.728. The molecule has 0 unspecified atom stereocenters. The second-order valence-electron chi connectivity index (χ2n) is 3.93. The van der Waals surface area contributed by atoms with Crippen LogP contribution in [0.3, 0.4) is 0 Å². The Morgan fingerprint density at radius 1 is 1.35 bits per heavy atom. The molecule has 0 atom stereocenters. The second-order valence-corrected chi connectivity index (χ2v) is 4.95. The Bertz CT molecular complexity index is 443. The van der Waals surface area contributed by atoms with Crippen molar-refractivity contribution in [1.82, 2.24) is 5.32 Å². The van der Waals surface area contributed by atoms with E-state index in [4.69, 9.17) is 5.11 Å². The van der Waals surface area contributed by atoms with Gasteiger partial charge in [0, 0.05) is 10.9 Å². The van der Waals surface area contributed by atoms with Gasteiger partial charge in [0.2, 0.25) is 5.91 Å². The average Bonchev–Trinajstić information content (AvgIpc) is 3.10. The molecule has 5 heteroatoms. The third kappa shape index (κ3) is 3.49. The first-order valence-electron chi connectivity index (χ1n) is 5.41. The maximum atomic E-state index is 11.5. The molecule has 1 fully saturated rings. The van der Waals surface area contributed by atoms with Crippen LogP contribution in [-0.4, -0.2) is 28.8 Å². The van der Waals surface area contributed by atoms with Gasteiger partial charge in [-0.15, -0.1) is 11.8 Å². The van der Waals surface area contributed by atoms with Crippen LogP contribution in [0.5, 0.6) is 0 Å². The quantitative estimate of drug-likeness (QED) is 0.782. The van der Waals surface area contributed by atoms with E-state index in [0.29, 0.717) is 10.9 Å². The molecule has 2 N–H and O–H groups in total. The predicted octanol–water partition coefficient (Wildman–Crippen LogP) is 1.76. The molecule has 1 amide bonds. The maximum Gasteiger partial charge on any atom is 0.336 e. The minimum absolute atomic E-state index is 0.0299. The van der Waals surface area contributed by atoms with Crippen molar-refractivity contribution in [1.29, 1.82) is 0 Å². The van der Waals surface area contributed by atoms with E-state index in [-0.39, 0.29) is 17.2 Å². The number of aromatic carboxylic acids is 1. The van der Waals surface area contributed by atoms with Gasteiger partial charge in [0.25, 0.3) is 0 Å². The zero-order valence-electron chi connectivity index (χ0n) is 9.18. The first kappa shape index (κ1) is 12.0. The topological polar surface area (TPSA) is 66.4 Å². The predicted molar refractivity (Wildman–Crippen MR) is 65.3 cm³/mol. The zero-order valence-corrected chi connectivity index (χ0v) is 10.00. The molecule has 2 rings (SSSR count). The van der Waals surface area contributed by atoms with Crippen molar-refractivity contribution < 1.29 is 14.7 Å². The third-order valence-electron chi connectivity index (χ3n) is 2.42. The molecular weight excluding hydrogens is 238 g/mol. The van der Waals surface area contributed by atoms with Crippen molar-refractivity contribution in [3.63, 3.8) is 0 Å². The molecule has 17 heavy (non-hydrogen) atoms. The van der Waals surface area contributed by atoms with Crippen LogP contribution in [0.4, 0.5) is 0 Å². The van der Waals surface area contributed by atoms with Crippen LogP contribution in [-0.2, 0) is 4.79 Å². The standard InChI is InChI=1S/C12H13NO3S/c14-11(13-8-5-6-8)7-17-10-4-2-1-3-9(10)12(15)16/h1-4,8H,5-7H2,(H,13,14)(H,15,16). The fourth-order valence-electron chi connectivity index (χ4n) is 1.41. The normalized spacial score (nSPS) is 14.4. The summed E-state index contributed by atoms with van der Waals surface area (Å²) < 4.78 is 0. The van der Waals surface area contributed by atoms with Gasteiger partial charge < -0.3 is 10.4 Å². The van der Waals surface area contributed by atoms with Crippen molar-refractivity contribution >= 4 is 23.6 Å². The van der Waals surface area contributed by atoms with Crippen LogP contribution in [0.25, 0.3) is 0 Å². The summed E-state index contributed by atoms with van der Waals surface area (Å²) in [5.41, 5.74) is 0.247. The number of carbonyl (C=O) groups excluding carboxylic acids is 1. The molecule has 0 radical (unpaired) electrons. The van der Waals surface area contributed by atoms with Crippen molar-refractivity contribution in [2.45, 2.75) is 23.8 Å². The van der Waals surface area contributed by atoms with E-state index in [1.807, 2.05) is 0 Å². The molecule has 0 bridgehead atoms. The van der Waals surface area contributed by atoms with E-state index in [0.717, 1.165) is 12.8 Å². The van der Waals surface area contributed by atoms with E-state index in [1.54, 1.807) is 24.3 Å². The molecule has 1 aromatic carbocycles. The van der Waals surface area contributed by atoms with Crippen molar-refractivity contribution in [3.8, 4) is 0 Å². The van der Waals surface area contributed by atoms with E-state index in [1.165, 1.54) is 11.8 Å². The van der Waals surface area contributed by atoms with Gasteiger partial charge in [0.05, 0.1) is 11.3 Å². The van der Waals surface area contributed by atoms with Crippen molar-refractivity contribution in [2.75, 3.05) is 5.75 Å². The molecule has 0 heterocycles. The molecule has 0 aliphatic heterocycles. The number of hydrogen-bond acceptors (Lipinski definition) is 3. The summed E-state index contributed by atoms with van der Waals surface area (Å²) in [5, 5.41) is 11.8. The molecule has 1 aliphatic rings. The van der Waals surface area contributed by atoms with Crippen LogP contribution < -0.4 is 5.32 Å². The van der Waals surface area contributed by atoms with Crippen LogP contribution >= 0.6 is 11.8 Å². The monoisotopic (exact) mass is 251 g/mol. The Kier molecular flexibility index (Phi) is 3.68. The lowest BCUT2D eigenvalue weighted by atomic mass is 10.2. The molecule has 0 spiro atoms. The first-order valence-corrected chi connectivity index (χ1v) is 6.40. The van der Waals surface area contributed by atoms with E-state index in [9.17, 15) is 9.59 Å². The molecule has 1 saturated carbocycles. The minimum Gasteiger partial charge on any atom is -0.478 e. The van der Waals surface area contributed by atoms with Gasteiger partial charge in [0.1, 0.15) is 0 Å². The SMILES string of the molecule is O=C(CSc1ccccc1C(=O)O)NC1CC1. The fourth-order valence-corrected chi connectivity index (χ4v) is 2.27. The summed E-state index contributed by atoms with van der Waals surface area (Å²) in [6.07, 6.45) is 2.12. The number of thioether (sulfide) groups is 1. The van der Waals surface area contributed by atoms with Crippen LogP contribution in [0, 0.1) is 0 Å². The highest BCUT2D eigenvalue weighted by Gasteiger charge is 2.23. The number of rotatable bonds is 5. The summed E-state index contributed by atoms with van der Waals surface area (Å²) in [6, 6.07) is 7.06. The first-order chi connectivity index (χ1) is 8.16. The highest BCUT2D eigenvalue weighted by Crippen LogP contribution is 2.23. The molecule has 90 valence electrons. The van der Waals surface area contributed by atoms with Gasteiger partial charge in [-0.05, 0) is 25.0 Å². The Hall–Kier alpha value is -1.49. The van der Waals surface area contributed by atoms with E-state index < -0.39 is 5.97 Å². The smallest absolute Gasteiger partial charge is 0.336 e. The van der Waals surface area contributed by atoms with E-state index >= 15 is 0 Å². The van der Waals surface area contributed by atoms with E-state index in [2.05, 4.69) is 5.32 Å². The van der Waals surface area contributed by atoms with Crippen LogP contribution in [0.2, 0.25) is 0 Å². The van der Waals surface area contributed by atoms with Gasteiger partial charge >= 0.3 is 5.97 Å². The van der Waals surface area contributed by atoms with Crippen molar-refractivity contribution in [3.05, 3.63) is 29.8 Å². The Labute approximate surface area is 103 Å². The van der Waals surface area contributed by atoms with Gasteiger partial charge in [-0.2, -0.15) is 0 Å². The summed E-state index contributed by atoms with van der Waals surface area (Å²) in [4.78, 5) is 23.0. The molecule has 0 saturated heterocycles. The lowest BCUT2D eigenvalue weighted by Crippen LogP contribution is -2.27. The lowest BCUT2D eigenvalue weighted by molar-refractivity contribution is -0.118. The summed E-state index contributed by atoms with van der Waals surface area (Å²) in [6.45, 7) is 0. The number of benzene rings is 1. The summed E-state index contributed by atoms with van der Waals surface area (Å²) >= 11 is 1.26. The number of carbonyl (C=O) groups is 2. The Morgan fingerprint density at radius 2 is 2.06 bits per heavy atom. The van der Waals surface area contributed by atoms with Gasteiger partial charge in [0.15, 0.2) is 0 Å². The number of carboxylic acids is 1. The molecule has 1 aromatic rings. The molecule has 4 nitrogen and oxygen atoms in total. The number of hydrogen-bond donors (Lipinski definition) is 2. The minimum atomic E-state index is -0.962. The maximum absolute atomic E-state index is 11.5. The number of carboxylic acid groups (broad SMARTS) is 1.